The summed E-state index contributed by atoms with van der Waals surface area (Å²) in [5.41, 5.74) is 0. The second-order valence-corrected chi connectivity index (χ2v) is 12.7. The van der Waals surface area contributed by atoms with E-state index < -0.39 is 0 Å². The first kappa shape index (κ1) is 41.1. The number of hydrogen-bond acceptors (Lipinski definition) is 5. The lowest BCUT2D eigenvalue weighted by atomic mass is 10.0. The second-order valence-electron chi connectivity index (χ2n) is 12.7. The van der Waals surface area contributed by atoms with Gasteiger partial charge in [0.05, 0.1) is 13.2 Å². The van der Waals surface area contributed by atoms with Crippen molar-refractivity contribution in [3.05, 3.63) is 0 Å². The minimum atomic E-state index is -0.0273. The van der Waals surface area contributed by atoms with Crippen LogP contribution in [0.3, 0.4) is 0 Å². The lowest BCUT2D eigenvalue weighted by Crippen LogP contribution is -2.29. The molecule has 0 saturated carbocycles. The Hall–Kier alpha value is -0.940. The Morgan fingerprint density at radius 2 is 0.857 bits per heavy atom. The molecule has 0 saturated heterocycles. The first-order valence-electron chi connectivity index (χ1n) is 18.6. The fourth-order valence-electron chi connectivity index (χ4n) is 5.70. The van der Waals surface area contributed by atoms with Crippen molar-refractivity contribution in [3.63, 3.8) is 0 Å². The normalized spacial score (nSPS) is 11.4. The molecule has 0 radical (unpaired) electrons. The van der Waals surface area contributed by atoms with Gasteiger partial charge in [-0.15, -0.1) is 0 Å². The van der Waals surface area contributed by atoms with Crippen molar-refractivity contribution in [3.8, 4) is 0 Å². The van der Waals surface area contributed by atoms with Crippen molar-refractivity contribution in [1.82, 2.24) is 4.90 Å². The number of Topliss-reactive ketones (excluding diaryl/α,β-unsaturated/α-hetero) is 1. The van der Waals surface area contributed by atoms with Crippen LogP contribution in [0.2, 0.25) is 0 Å². The van der Waals surface area contributed by atoms with Gasteiger partial charge in [0.25, 0.3) is 0 Å². The Morgan fingerprint density at radius 1 is 0.476 bits per heavy atom. The number of esters is 1. The number of ketones is 1. The highest BCUT2D eigenvalue weighted by molar-refractivity contribution is 5.78. The molecule has 0 rings (SSSR count). The third kappa shape index (κ3) is 32.0. The number of ether oxygens (including phenoxy) is 1. The quantitative estimate of drug-likeness (QED) is 0.0583. The SMILES string of the molecule is CCCCCCCCCCC(=O)CCCCCCCN(CCO)CCCCCCCC(=O)OCCCCCCCCC. The fraction of sp³-hybridized carbons (Fsp3) is 0.946. The minimum absolute atomic E-state index is 0.0273. The van der Waals surface area contributed by atoms with Crippen LogP contribution >= 0.6 is 0 Å². The van der Waals surface area contributed by atoms with Crippen LogP contribution in [-0.4, -0.2) is 54.6 Å². The van der Waals surface area contributed by atoms with Gasteiger partial charge < -0.3 is 14.7 Å². The summed E-state index contributed by atoms with van der Waals surface area (Å²) < 4.78 is 5.38. The second kappa shape index (κ2) is 34.5. The van der Waals surface area contributed by atoms with Gasteiger partial charge in [0.2, 0.25) is 0 Å². The van der Waals surface area contributed by atoms with E-state index in [1.807, 2.05) is 0 Å². The summed E-state index contributed by atoms with van der Waals surface area (Å²) in [6.07, 6.45) is 32.5. The van der Waals surface area contributed by atoms with E-state index in [4.69, 9.17) is 4.74 Å². The number of carbonyl (C=O) groups is 2. The molecule has 0 amide bonds. The number of aliphatic hydroxyl groups excluding tert-OH is 1. The van der Waals surface area contributed by atoms with Crippen LogP contribution in [0.15, 0.2) is 0 Å². The monoisotopic (exact) mass is 596 g/mol. The largest absolute Gasteiger partial charge is 0.466 e. The summed E-state index contributed by atoms with van der Waals surface area (Å²) in [4.78, 5) is 26.4. The summed E-state index contributed by atoms with van der Waals surface area (Å²) in [5, 5.41) is 9.44. The molecular weight excluding hydrogens is 522 g/mol. The highest BCUT2D eigenvalue weighted by atomic mass is 16.5. The molecule has 0 aliphatic heterocycles. The molecule has 0 aliphatic rings. The van der Waals surface area contributed by atoms with Crippen molar-refractivity contribution >= 4 is 11.8 Å². The first-order valence-corrected chi connectivity index (χ1v) is 18.6. The molecule has 0 spiro atoms. The van der Waals surface area contributed by atoms with E-state index in [1.54, 1.807) is 0 Å². The van der Waals surface area contributed by atoms with E-state index in [9.17, 15) is 14.7 Å². The average Bonchev–Trinajstić information content (AvgIpc) is 2.98. The van der Waals surface area contributed by atoms with Crippen LogP contribution < -0.4 is 0 Å². The Kier molecular flexibility index (Phi) is 33.8. The van der Waals surface area contributed by atoms with Gasteiger partial charge in [-0.25, -0.2) is 0 Å². The predicted molar refractivity (Wildman–Crippen MR) is 180 cm³/mol. The van der Waals surface area contributed by atoms with Crippen LogP contribution in [0.5, 0.6) is 0 Å². The molecule has 0 atom stereocenters. The highest BCUT2D eigenvalue weighted by Gasteiger charge is 2.06. The van der Waals surface area contributed by atoms with Crippen molar-refractivity contribution in [2.24, 2.45) is 0 Å². The Balaban J connectivity index is 3.54. The number of carbonyl (C=O) groups excluding carboxylic acids is 2. The zero-order valence-corrected chi connectivity index (χ0v) is 28.5. The number of hydrogen-bond donors (Lipinski definition) is 1. The van der Waals surface area contributed by atoms with Gasteiger partial charge in [0.1, 0.15) is 5.78 Å². The number of unbranched alkanes of at least 4 members (excludes halogenated alkanes) is 21. The zero-order chi connectivity index (χ0) is 30.8. The van der Waals surface area contributed by atoms with Crippen LogP contribution in [0.25, 0.3) is 0 Å². The average molecular weight is 596 g/mol. The highest BCUT2D eigenvalue weighted by Crippen LogP contribution is 2.13. The topological polar surface area (TPSA) is 66.8 Å². The van der Waals surface area contributed by atoms with Crippen molar-refractivity contribution in [2.45, 2.75) is 194 Å². The van der Waals surface area contributed by atoms with E-state index in [0.717, 1.165) is 83.8 Å². The zero-order valence-electron chi connectivity index (χ0n) is 28.5. The lowest BCUT2D eigenvalue weighted by Gasteiger charge is -2.21. The van der Waals surface area contributed by atoms with E-state index >= 15 is 0 Å². The maximum Gasteiger partial charge on any atom is 0.305 e. The maximum atomic E-state index is 12.1. The lowest BCUT2D eigenvalue weighted by molar-refractivity contribution is -0.143. The standard InChI is InChI=1S/C37H73NO4/c1-3-5-7-9-11-12-16-22-28-36(40)29-23-17-14-19-25-31-38(33-34-39)32-26-20-15-18-24-30-37(41)42-35-27-21-13-10-8-6-4-2/h39H,3-35H2,1-2H3. The summed E-state index contributed by atoms with van der Waals surface area (Å²) in [6.45, 7) is 8.18. The molecule has 0 aromatic rings. The molecule has 0 fully saturated rings. The summed E-state index contributed by atoms with van der Waals surface area (Å²) in [5.74, 6) is 0.439. The van der Waals surface area contributed by atoms with E-state index in [1.165, 1.54) is 109 Å². The van der Waals surface area contributed by atoms with Gasteiger partial charge >= 0.3 is 5.97 Å². The molecule has 0 heterocycles. The van der Waals surface area contributed by atoms with E-state index in [2.05, 4.69) is 18.7 Å². The van der Waals surface area contributed by atoms with Crippen molar-refractivity contribution in [1.29, 1.82) is 0 Å². The summed E-state index contributed by atoms with van der Waals surface area (Å²) >= 11 is 0. The van der Waals surface area contributed by atoms with Crippen LogP contribution in [0, 0.1) is 0 Å². The smallest absolute Gasteiger partial charge is 0.305 e. The van der Waals surface area contributed by atoms with Crippen molar-refractivity contribution < 1.29 is 19.4 Å². The first-order chi connectivity index (χ1) is 20.6. The molecule has 5 heteroatoms. The maximum absolute atomic E-state index is 12.1. The number of rotatable bonds is 35. The Bertz CT molecular complexity index is 522. The number of nitrogens with zero attached hydrogens (tertiary/aromatic N) is 1. The molecule has 0 aliphatic carbocycles. The molecule has 0 bridgehead atoms. The molecule has 0 aromatic carbocycles. The van der Waals surface area contributed by atoms with Gasteiger partial charge in [-0.2, -0.15) is 0 Å². The van der Waals surface area contributed by atoms with Gasteiger partial charge in [0, 0.05) is 25.8 Å². The van der Waals surface area contributed by atoms with Gasteiger partial charge in [-0.3, -0.25) is 9.59 Å². The van der Waals surface area contributed by atoms with E-state index in [0.29, 0.717) is 18.8 Å². The van der Waals surface area contributed by atoms with Gasteiger partial charge in [-0.05, 0) is 51.6 Å². The van der Waals surface area contributed by atoms with E-state index in [-0.39, 0.29) is 12.6 Å². The van der Waals surface area contributed by atoms with Gasteiger partial charge in [-0.1, -0.05) is 136 Å². The fourth-order valence-corrected chi connectivity index (χ4v) is 5.70. The minimum Gasteiger partial charge on any atom is -0.466 e. The summed E-state index contributed by atoms with van der Waals surface area (Å²) in [6, 6.07) is 0. The van der Waals surface area contributed by atoms with Crippen molar-refractivity contribution in [2.75, 3.05) is 32.8 Å². The third-order valence-electron chi connectivity index (χ3n) is 8.52. The molecule has 0 unspecified atom stereocenters. The number of aliphatic hydroxyl groups is 1. The molecule has 250 valence electrons. The molecular formula is C37H73NO4. The van der Waals surface area contributed by atoms with Crippen LogP contribution in [0.4, 0.5) is 0 Å². The van der Waals surface area contributed by atoms with Crippen LogP contribution in [0.1, 0.15) is 194 Å². The van der Waals surface area contributed by atoms with Gasteiger partial charge in [0.15, 0.2) is 0 Å². The molecule has 1 N–H and O–H groups in total. The molecule has 0 aromatic heterocycles. The third-order valence-corrected chi connectivity index (χ3v) is 8.52. The Morgan fingerprint density at radius 3 is 1.31 bits per heavy atom. The molecule has 5 nitrogen and oxygen atoms in total. The Labute approximate surface area is 262 Å². The van der Waals surface area contributed by atoms with Crippen LogP contribution in [-0.2, 0) is 14.3 Å². The summed E-state index contributed by atoms with van der Waals surface area (Å²) in [7, 11) is 0. The molecule has 42 heavy (non-hydrogen) atoms. The predicted octanol–water partition coefficient (Wildman–Crippen LogP) is 10.4.